The van der Waals surface area contributed by atoms with Crippen molar-refractivity contribution in [3.63, 3.8) is 0 Å². The van der Waals surface area contributed by atoms with Crippen molar-refractivity contribution in [1.82, 2.24) is 0 Å². The van der Waals surface area contributed by atoms with E-state index in [-0.39, 0.29) is 0 Å². The molecule has 0 aromatic carbocycles. The number of unbranched alkanes of at least 4 members (excludes halogenated alkanes) is 3. The van der Waals surface area contributed by atoms with Gasteiger partial charge < -0.3 is 0 Å². The predicted octanol–water partition coefficient (Wildman–Crippen LogP) is 7.76. The Bertz CT molecular complexity index is 276. The Balaban J connectivity index is 1.63. The molecule has 0 unspecified atom stereocenters. The summed E-state index contributed by atoms with van der Waals surface area (Å²) >= 11 is 0. The third-order valence-electron chi connectivity index (χ3n) is 7.11. The third-order valence-corrected chi connectivity index (χ3v) is 7.11. The van der Waals surface area contributed by atoms with Gasteiger partial charge >= 0.3 is 0 Å². The maximum atomic E-state index is 2.56. The molecule has 0 atom stereocenters. The van der Waals surface area contributed by atoms with Crippen LogP contribution in [0.1, 0.15) is 117 Å². The summed E-state index contributed by atoms with van der Waals surface area (Å²) in [7, 11) is 0. The Hall–Kier alpha value is 0. The first-order valence-corrected chi connectivity index (χ1v) is 10.7. The van der Waals surface area contributed by atoms with Crippen molar-refractivity contribution in [2.45, 2.75) is 117 Å². The van der Waals surface area contributed by atoms with E-state index in [9.17, 15) is 0 Å². The minimum atomic E-state index is 0.696. The van der Waals surface area contributed by atoms with Gasteiger partial charge in [-0.3, -0.25) is 0 Å². The number of hydrogen-bond donors (Lipinski definition) is 0. The third kappa shape index (κ3) is 5.57. The van der Waals surface area contributed by atoms with Crippen LogP contribution in [0.3, 0.4) is 0 Å². The number of hydrogen-bond acceptors (Lipinski definition) is 0. The van der Waals surface area contributed by atoms with Crippen LogP contribution in [0.15, 0.2) is 0 Å². The molecular weight excluding hydrogens is 264 g/mol. The molecule has 2 fully saturated rings. The molecule has 2 aliphatic carbocycles. The molecule has 0 bridgehead atoms. The molecule has 0 nitrogen and oxygen atoms in total. The highest BCUT2D eigenvalue weighted by Gasteiger charge is 2.34. The van der Waals surface area contributed by atoms with Gasteiger partial charge in [-0.2, -0.15) is 0 Å². The van der Waals surface area contributed by atoms with E-state index in [0.29, 0.717) is 5.41 Å². The Morgan fingerprint density at radius 1 is 0.727 bits per heavy atom. The quantitative estimate of drug-likeness (QED) is 0.402. The van der Waals surface area contributed by atoms with Gasteiger partial charge in [-0.05, 0) is 68.1 Å². The van der Waals surface area contributed by atoms with E-state index in [4.69, 9.17) is 0 Å². The highest BCUT2D eigenvalue weighted by Crippen LogP contribution is 2.47. The van der Waals surface area contributed by atoms with Crippen molar-refractivity contribution < 1.29 is 0 Å². The summed E-state index contributed by atoms with van der Waals surface area (Å²) < 4.78 is 0. The summed E-state index contributed by atoms with van der Waals surface area (Å²) in [5.74, 6) is 3.27. The summed E-state index contributed by atoms with van der Waals surface area (Å²) in [4.78, 5) is 0. The lowest BCUT2D eigenvalue weighted by Crippen LogP contribution is -2.30. The van der Waals surface area contributed by atoms with Gasteiger partial charge in [0.1, 0.15) is 0 Å². The summed E-state index contributed by atoms with van der Waals surface area (Å²) in [6.07, 6.45) is 22.5. The van der Waals surface area contributed by atoms with Crippen LogP contribution in [0.4, 0.5) is 0 Å². The molecule has 0 N–H and O–H groups in total. The fourth-order valence-electron chi connectivity index (χ4n) is 5.47. The van der Waals surface area contributed by atoms with Gasteiger partial charge in [0.15, 0.2) is 0 Å². The molecule has 0 aromatic heterocycles. The summed E-state index contributed by atoms with van der Waals surface area (Å²) in [5, 5.41) is 0. The Labute approximate surface area is 140 Å². The average Bonchev–Trinajstić information content (AvgIpc) is 2.53. The standard InChI is InChI=1S/C22H42/c1-4-6-7-8-9-19-10-12-20(13-11-19)21-14-17-22(3,16-5-2)18-15-21/h19-21H,4-18H2,1-3H3. The molecule has 2 saturated carbocycles. The molecule has 130 valence electrons. The maximum Gasteiger partial charge on any atom is -0.0326 e. The van der Waals surface area contributed by atoms with Crippen molar-refractivity contribution in [3.05, 3.63) is 0 Å². The minimum Gasteiger partial charge on any atom is -0.0654 e. The first-order chi connectivity index (χ1) is 10.7. The van der Waals surface area contributed by atoms with Gasteiger partial charge in [-0.1, -0.05) is 72.1 Å². The van der Waals surface area contributed by atoms with E-state index in [1.807, 2.05) is 0 Å². The molecule has 0 spiro atoms. The molecule has 0 aliphatic heterocycles. The largest absolute Gasteiger partial charge is 0.0654 e. The van der Waals surface area contributed by atoms with Gasteiger partial charge in [0.05, 0.1) is 0 Å². The van der Waals surface area contributed by atoms with E-state index in [0.717, 1.165) is 17.8 Å². The second-order valence-corrected chi connectivity index (χ2v) is 9.03. The molecule has 0 radical (unpaired) electrons. The summed E-state index contributed by atoms with van der Waals surface area (Å²) in [5.41, 5.74) is 0.696. The van der Waals surface area contributed by atoms with Crippen molar-refractivity contribution in [2.75, 3.05) is 0 Å². The fourth-order valence-corrected chi connectivity index (χ4v) is 5.47. The predicted molar refractivity (Wildman–Crippen MR) is 99.2 cm³/mol. The fraction of sp³-hybridized carbons (Fsp3) is 1.00. The van der Waals surface area contributed by atoms with Gasteiger partial charge in [-0.15, -0.1) is 0 Å². The van der Waals surface area contributed by atoms with Crippen molar-refractivity contribution in [1.29, 1.82) is 0 Å². The number of rotatable bonds is 8. The van der Waals surface area contributed by atoms with Crippen molar-refractivity contribution >= 4 is 0 Å². The first kappa shape index (κ1) is 18.3. The van der Waals surface area contributed by atoms with Crippen molar-refractivity contribution in [2.24, 2.45) is 23.2 Å². The van der Waals surface area contributed by atoms with Crippen LogP contribution in [-0.2, 0) is 0 Å². The SMILES string of the molecule is CCCCCCC1CCC(C2CCC(C)(CCC)CC2)CC1. The molecule has 0 heterocycles. The van der Waals surface area contributed by atoms with E-state index < -0.39 is 0 Å². The van der Waals surface area contributed by atoms with Crippen LogP contribution in [0.5, 0.6) is 0 Å². The zero-order valence-corrected chi connectivity index (χ0v) is 15.8. The summed E-state index contributed by atoms with van der Waals surface area (Å²) in [6.45, 7) is 7.24. The molecule has 0 amide bonds. The summed E-state index contributed by atoms with van der Waals surface area (Å²) in [6, 6.07) is 0. The Kier molecular flexibility index (Phi) is 7.78. The van der Waals surface area contributed by atoms with Gasteiger partial charge in [0.2, 0.25) is 0 Å². The van der Waals surface area contributed by atoms with Crippen molar-refractivity contribution in [3.8, 4) is 0 Å². The van der Waals surface area contributed by atoms with Gasteiger partial charge in [0.25, 0.3) is 0 Å². The normalized spacial score (nSPS) is 36.4. The molecule has 22 heavy (non-hydrogen) atoms. The lowest BCUT2D eigenvalue weighted by molar-refractivity contribution is 0.0963. The molecule has 2 rings (SSSR count). The van der Waals surface area contributed by atoms with Gasteiger partial charge in [0, 0.05) is 0 Å². The second-order valence-electron chi connectivity index (χ2n) is 9.03. The zero-order chi connectivity index (χ0) is 15.8. The van der Waals surface area contributed by atoms with E-state index in [2.05, 4.69) is 20.8 Å². The maximum absolute atomic E-state index is 2.56. The molecule has 0 saturated heterocycles. The van der Waals surface area contributed by atoms with E-state index >= 15 is 0 Å². The molecule has 0 aromatic rings. The second kappa shape index (κ2) is 9.33. The Morgan fingerprint density at radius 2 is 1.36 bits per heavy atom. The van der Waals surface area contributed by atoms with Crippen LogP contribution >= 0.6 is 0 Å². The van der Waals surface area contributed by atoms with Gasteiger partial charge in [-0.25, -0.2) is 0 Å². The van der Waals surface area contributed by atoms with E-state index in [1.54, 1.807) is 38.5 Å². The average molecular weight is 307 g/mol. The molecular formula is C22H42. The highest BCUT2D eigenvalue weighted by molar-refractivity contribution is 4.86. The minimum absolute atomic E-state index is 0.696. The van der Waals surface area contributed by atoms with Crippen LogP contribution in [0.25, 0.3) is 0 Å². The van der Waals surface area contributed by atoms with E-state index in [1.165, 1.54) is 57.8 Å². The first-order valence-electron chi connectivity index (χ1n) is 10.7. The van der Waals surface area contributed by atoms with Crippen LogP contribution in [0, 0.1) is 23.2 Å². The van der Waals surface area contributed by atoms with Crippen LogP contribution in [0.2, 0.25) is 0 Å². The lowest BCUT2D eigenvalue weighted by Gasteiger charge is -2.42. The monoisotopic (exact) mass is 306 g/mol. The topological polar surface area (TPSA) is 0 Å². The molecule has 0 heteroatoms. The Morgan fingerprint density at radius 3 is 1.95 bits per heavy atom. The zero-order valence-electron chi connectivity index (χ0n) is 15.8. The lowest BCUT2D eigenvalue weighted by atomic mass is 9.64. The highest BCUT2D eigenvalue weighted by atomic mass is 14.4. The molecule has 2 aliphatic rings. The van der Waals surface area contributed by atoms with Crippen LogP contribution < -0.4 is 0 Å². The smallest absolute Gasteiger partial charge is 0.0326 e. The van der Waals surface area contributed by atoms with Crippen LogP contribution in [-0.4, -0.2) is 0 Å².